The summed E-state index contributed by atoms with van der Waals surface area (Å²) in [7, 11) is 0. The topological polar surface area (TPSA) is 62.4 Å². The Morgan fingerprint density at radius 1 is 1.04 bits per heavy atom. The first kappa shape index (κ1) is 17.7. The molecule has 1 aromatic carbocycles. The number of nitrogens with two attached hydrogens (primary N) is 1. The summed E-state index contributed by atoms with van der Waals surface area (Å²) in [5.74, 6) is 0.928. The maximum absolute atomic E-state index is 8.99. The fraction of sp³-hybridized carbons (Fsp3) is 0.476. The van der Waals surface area contributed by atoms with E-state index in [-0.39, 0.29) is 6.61 Å². The van der Waals surface area contributed by atoms with Gasteiger partial charge in [-0.3, -0.25) is 0 Å². The summed E-state index contributed by atoms with van der Waals surface area (Å²) in [6.45, 7) is 1.09. The van der Waals surface area contributed by atoms with Gasteiger partial charge < -0.3 is 15.7 Å². The predicted octanol–water partition coefficient (Wildman–Crippen LogP) is 3.93. The lowest BCUT2D eigenvalue weighted by Crippen LogP contribution is -2.34. The maximum atomic E-state index is 8.99. The third-order valence-corrected chi connectivity index (χ3v) is 5.04. The molecular weight excluding hydrogens is 310 g/mol. The zero-order valence-corrected chi connectivity index (χ0v) is 14.9. The normalized spacial score (nSPS) is 14.8. The minimum Gasteiger partial charge on any atom is -0.396 e. The molecule has 0 spiro atoms. The van der Waals surface area contributed by atoms with Gasteiger partial charge in [-0.2, -0.15) is 0 Å². The standard InChI is InChI=1S/C21H29N3O/c22-20-14-13-18(10-6-7-15-25)23-21(20)24(19-11-4-5-12-19)16-17-8-2-1-3-9-17/h1-3,8-9,13-14,19,25H,4-7,10-12,15-16,22H2. The van der Waals surface area contributed by atoms with E-state index in [1.807, 2.05) is 12.1 Å². The molecule has 0 atom stereocenters. The number of aromatic nitrogens is 1. The quantitative estimate of drug-likeness (QED) is 0.715. The van der Waals surface area contributed by atoms with Crippen molar-refractivity contribution in [1.29, 1.82) is 0 Å². The van der Waals surface area contributed by atoms with E-state index >= 15 is 0 Å². The Morgan fingerprint density at radius 3 is 2.52 bits per heavy atom. The van der Waals surface area contributed by atoms with Crippen molar-refractivity contribution < 1.29 is 5.11 Å². The Bertz CT molecular complexity index is 653. The van der Waals surface area contributed by atoms with Crippen LogP contribution in [0.1, 0.15) is 49.8 Å². The smallest absolute Gasteiger partial charge is 0.152 e. The van der Waals surface area contributed by atoms with Crippen LogP contribution in [-0.2, 0) is 13.0 Å². The molecule has 0 aliphatic heterocycles. The highest BCUT2D eigenvalue weighted by Gasteiger charge is 2.25. The number of nitrogen functional groups attached to an aromatic ring is 1. The minimum atomic E-state index is 0.240. The second-order valence-electron chi connectivity index (χ2n) is 6.95. The van der Waals surface area contributed by atoms with Gasteiger partial charge in [0.2, 0.25) is 0 Å². The van der Waals surface area contributed by atoms with E-state index in [0.717, 1.165) is 43.0 Å². The first-order valence-corrected chi connectivity index (χ1v) is 9.45. The van der Waals surface area contributed by atoms with Crippen molar-refractivity contribution in [2.75, 3.05) is 17.2 Å². The van der Waals surface area contributed by atoms with Gasteiger partial charge in [0.1, 0.15) is 0 Å². The fourth-order valence-electron chi connectivity index (χ4n) is 3.66. The van der Waals surface area contributed by atoms with Gasteiger partial charge in [0, 0.05) is 24.9 Å². The summed E-state index contributed by atoms with van der Waals surface area (Å²) in [4.78, 5) is 7.31. The molecule has 3 rings (SSSR count). The Morgan fingerprint density at radius 2 is 1.80 bits per heavy atom. The van der Waals surface area contributed by atoms with Crippen LogP contribution >= 0.6 is 0 Å². The van der Waals surface area contributed by atoms with Crippen molar-refractivity contribution in [2.45, 2.75) is 57.5 Å². The summed E-state index contributed by atoms with van der Waals surface area (Å²) in [6.07, 6.45) is 7.65. The lowest BCUT2D eigenvalue weighted by Gasteiger charge is -2.31. The molecule has 3 N–H and O–H groups in total. The highest BCUT2D eigenvalue weighted by Crippen LogP contribution is 2.32. The zero-order valence-electron chi connectivity index (χ0n) is 14.9. The van der Waals surface area contributed by atoms with Crippen LogP contribution in [-0.4, -0.2) is 22.7 Å². The maximum Gasteiger partial charge on any atom is 0.152 e. The number of nitrogens with zero attached hydrogens (tertiary/aromatic N) is 2. The number of hydrogen-bond acceptors (Lipinski definition) is 4. The van der Waals surface area contributed by atoms with Crippen molar-refractivity contribution in [1.82, 2.24) is 4.98 Å². The predicted molar refractivity (Wildman–Crippen MR) is 104 cm³/mol. The van der Waals surface area contributed by atoms with Gasteiger partial charge in [-0.05, 0) is 49.8 Å². The second-order valence-corrected chi connectivity index (χ2v) is 6.95. The molecule has 4 heteroatoms. The van der Waals surface area contributed by atoms with Crippen LogP contribution in [0.25, 0.3) is 0 Å². The summed E-state index contributed by atoms with van der Waals surface area (Å²) in [5, 5.41) is 8.99. The summed E-state index contributed by atoms with van der Waals surface area (Å²) >= 11 is 0. The van der Waals surface area contributed by atoms with E-state index < -0.39 is 0 Å². The number of aliphatic hydroxyl groups is 1. The van der Waals surface area contributed by atoms with Crippen molar-refractivity contribution in [3.05, 3.63) is 53.7 Å². The molecule has 1 aliphatic rings. The number of anilines is 2. The van der Waals surface area contributed by atoms with Crippen LogP contribution in [0.3, 0.4) is 0 Å². The highest BCUT2D eigenvalue weighted by molar-refractivity contribution is 5.63. The Labute approximate surface area is 150 Å². The van der Waals surface area contributed by atoms with Crippen molar-refractivity contribution in [3.8, 4) is 0 Å². The van der Waals surface area contributed by atoms with Gasteiger partial charge in [0.25, 0.3) is 0 Å². The molecule has 134 valence electrons. The first-order chi connectivity index (χ1) is 12.3. The van der Waals surface area contributed by atoms with Crippen LogP contribution in [0.15, 0.2) is 42.5 Å². The van der Waals surface area contributed by atoms with Gasteiger partial charge >= 0.3 is 0 Å². The monoisotopic (exact) mass is 339 g/mol. The highest BCUT2D eigenvalue weighted by atomic mass is 16.2. The number of aryl methyl sites for hydroxylation is 1. The number of pyridine rings is 1. The molecule has 25 heavy (non-hydrogen) atoms. The van der Waals surface area contributed by atoms with E-state index in [1.165, 1.54) is 31.2 Å². The van der Waals surface area contributed by atoms with Crippen molar-refractivity contribution >= 4 is 11.5 Å². The van der Waals surface area contributed by atoms with Crippen LogP contribution in [0.2, 0.25) is 0 Å². The molecule has 1 heterocycles. The SMILES string of the molecule is Nc1ccc(CCCCO)nc1N(Cc1ccccc1)C1CCCC1. The second kappa shape index (κ2) is 8.86. The molecule has 4 nitrogen and oxygen atoms in total. The van der Waals surface area contributed by atoms with Crippen LogP contribution < -0.4 is 10.6 Å². The number of rotatable bonds is 8. The van der Waals surface area contributed by atoms with E-state index in [2.05, 4.69) is 35.2 Å². The molecule has 1 aromatic heterocycles. The molecule has 0 saturated heterocycles. The van der Waals surface area contributed by atoms with Crippen LogP contribution in [0.4, 0.5) is 11.5 Å². The van der Waals surface area contributed by atoms with Gasteiger partial charge in [-0.15, -0.1) is 0 Å². The first-order valence-electron chi connectivity index (χ1n) is 9.45. The largest absolute Gasteiger partial charge is 0.396 e. The molecule has 0 bridgehead atoms. The lowest BCUT2D eigenvalue weighted by molar-refractivity contribution is 0.284. The van der Waals surface area contributed by atoms with Gasteiger partial charge in [0.15, 0.2) is 5.82 Å². The van der Waals surface area contributed by atoms with Crippen molar-refractivity contribution in [2.24, 2.45) is 0 Å². The molecule has 0 amide bonds. The zero-order chi connectivity index (χ0) is 17.5. The molecule has 1 fully saturated rings. The number of benzene rings is 1. The van der Waals surface area contributed by atoms with Crippen molar-refractivity contribution in [3.63, 3.8) is 0 Å². The summed E-state index contributed by atoms with van der Waals surface area (Å²) in [6, 6.07) is 15.1. The number of hydrogen-bond donors (Lipinski definition) is 2. The Balaban J connectivity index is 1.85. The lowest BCUT2D eigenvalue weighted by atomic mass is 10.1. The third-order valence-electron chi connectivity index (χ3n) is 5.04. The van der Waals surface area contributed by atoms with Crippen LogP contribution in [0.5, 0.6) is 0 Å². The molecule has 0 unspecified atom stereocenters. The summed E-state index contributed by atoms with van der Waals surface area (Å²) in [5.41, 5.74) is 9.44. The van der Waals surface area contributed by atoms with E-state index in [9.17, 15) is 0 Å². The summed E-state index contributed by atoms with van der Waals surface area (Å²) < 4.78 is 0. The average molecular weight is 339 g/mol. The molecule has 2 aromatic rings. The fourth-order valence-corrected chi connectivity index (χ4v) is 3.66. The molecule has 1 aliphatic carbocycles. The molecule has 1 saturated carbocycles. The number of unbranched alkanes of at least 4 members (excludes halogenated alkanes) is 1. The number of aliphatic hydroxyl groups excluding tert-OH is 1. The van der Waals surface area contributed by atoms with Crippen LogP contribution in [0, 0.1) is 0 Å². The minimum absolute atomic E-state index is 0.240. The van der Waals surface area contributed by atoms with Gasteiger partial charge in [-0.25, -0.2) is 4.98 Å². The van der Waals surface area contributed by atoms with E-state index in [4.69, 9.17) is 15.8 Å². The third kappa shape index (κ3) is 4.73. The van der Waals surface area contributed by atoms with E-state index in [1.54, 1.807) is 0 Å². The van der Waals surface area contributed by atoms with Gasteiger partial charge in [-0.1, -0.05) is 43.2 Å². The average Bonchev–Trinajstić information content (AvgIpc) is 3.17. The molecule has 0 radical (unpaired) electrons. The Hall–Kier alpha value is -2.07. The molecular formula is C21H29N3O. The van der Waals surface area contributed by atoms with Gasteiger partial charge in [0.05, 0.1) is 5.69 Å². The Kier molecular flexibility index (Phi) is 6.29. The van der Waals surface area contributed by atoms with E-state index in [0.29, 0.717) is 6.04 Å².